The van der Waals surface area contributed by atoms with E-state index in [-0.39, 0.29) is 0 Å². The number of rotatable bonds is 3. The molecule has 18 heavy (non-hydrogen) atoms. The van der Waals surface area contributed by atoms with Crippen LogP contribution in [0.15, 0.2) is 22.7 Å². The van der Waals surface area contributed by atoms with Crippen LogP contribution in [0.4, 0.5) is 5.69 Å². The number of anilines is 1. The van der Waals surface area contributed by atoms with Crippen LogP contribution in [0.2, 0.25) is 0 Å². The lowest BCUT2D eigenvalue weighted by molar-refractivity contribution is 0.199. The smallest absolute Gasteiger partial charge is 0.0762 e. The number of aliphatic hydroxyl groups is 1. The first kappa shape index (κ1) is 13.8. The molecule has 0 saturated carbocycles. The molecule has 0 aromatic heterocycles. The van der Waals surface area contributed by atoms with Crippen LogP contribution in [-0.4, -0.2) is 42.7 Å². The summed E-state index contributed by atoms with van der Waals surface area (Å²) in [5.74, 6) is 0. The number of hydrogen-bond donors (Lipinski definition) is 1. The Hall–Kier alpha value is -0.580. The van der Waals surface area contributed by atoms with Crippen molar-refractivity contribution in [3.63, 3.8) is 0 Å². The van der Waals surface area contributed by atoms with Crippen LogP contribution in [0.3, 0.4) is 0 Å². The van der Waals surface area contributed by atoms with Gasteiger partial charge in [-0.2, -0.15) is 0 Å². The van der Waals surface area contributed by atoms with E-state index in [1.54, 1.807) is 6.92 Å². The number of halogens is 1. The fourth-order valence-electron chi connectivity index (χ4n) is 2.34. The molecule has 3 nitrogen and oxygen atoms in total. The van der Waals surface area contributed by atoms with Gasteiger partial charge in [0.15, 0.2) is 0 Å². The molecule has 0 aliphatic carbocycles. The van der Waals surface area contributed by atoms with E-state index in [4.69, 9.17) is 0 Å². The Morgan fingerprint density at radius 3 is 2.44 bits per heavy atom. The average molecular weight is 313 g/mol. The van der Waals surface area contributed by atoms with Crippen molar-refractivity contribution in [3.8, 4) is 0 Å². The first-order valence-corrected chi connectivity index (χ1v) is 7.36. The lowest BCUT2D eigenvalue weighted by Crippen LogP contribution is -2.46. The first-order chi connectivity index (χ1) is 8.61. The highest BCUT2D eigenvalue weighted by atomic mass is 79.9. The molecule has 1 heterocycles. The molecular formula is C14H21BrN2O. The minimum atomic E-state index is -0.410. The van der Waals surface area contributed by atoms with Crippen molar-refractivity contribution >= 4 is 21.6 Å². The lowest BCUT2D eigenvalue weighted by atomic mass is 10.1. The van der Waals surface area contributed by atoms with Crippen molar-refractivity contribution in [3.05, 3.63) is 28.2 Å². The second kappa shape index (κ2) is 6.04. The summed E-state index contributed by atoms with van der Waals surface area (Å²) < 4.78 is 1.07. The molecule has 4 heteroatoms. The molecule has 2 rings (SSSR count). The number of nitrogens with zero attached hydrogens (tertiary/aromatic N) is 2. The van der Waals surface area contributed by atoms with Gasteiger partial charge >= 0.3 is 0 Å². The van der Waals surface area contributed by atoms with Gasteiger partial charge in [-0.1, -0.05) is 13.0 Å². The van der Waals surface area contributed by atoms with E-state index in [0.29, 0.717) is 0 Å². The van der Waals surface area contributed by atoms with Crippen LogP contribution in [-0.2, 0) is 0 Å². The van der Waals surface area contributed by atoms with Crippen LogP contribution in [0.25, 0.3) is 0 Å². The van der Waals surface area contributed by atoms with E-state index >= 15 is 0 Å². The van der Waals surface area contributed by atoms with E-state index in [9.17, 15) is 5.11 Å². The quantitative estimate of drug-likeness (QED) is 0.929. The van der Waals surface area contributed by atoms with Crippen LogP contribution in [0, 0.1) is 0 Å². The molecular weight excluding hydrogens is 292 g/mol. The van der Waals surface area contributed by atoms with Gasteiger partial charge < -0.3 is 14.9 Å². The van der Waals surface area contributed by atoms with Gasteiger partial charge in [0.25, 0.3) is 0 Å². The minimum Gasteiger partial charge on any atom is -0.389 e. The molecule has 1 aliphatic heterocycles. The first-order valence-electron chi connectivity index (χ1n) is 6.56. The molecule has 100 valence electrons. The fraction of sp³-hybridized carbons (Fsp3) is 0.571. The van der Waals surface area contributed by atoms with Crippen LogP contribution in [0.1, 0.15) is 25.5 Å². The van der Waals surface area contributed by atoms with Gasteiger partial charge in [-0.15, -0.1) is 0 Å². The van der Waals surface area contributed by atoms with E-state index in [1.807, 2.05) is 12.1 Å². The van der Waals surface area contributed by atoms with Gasteiger partial charge in [0.05, 0.1) is 11.8 Å². The molecule has 0 amide bonds. The van der Waals surface area contributed by atoms with Crippen molar-refractivity contribution in [2.24, 2.45) is 0 Å². The standard InChI is InChI=1S/C14H21BrN2O/c1-3-16-6-8-17(9-7-16)14-5-4-12(11(2)18)10-13(14)15/h4-5,10-11,18H,3,6-9H2,1-2H3/t11-/m1/s1. The maximum Gasteiger partial charge on any atom is 0.0762 e. The highest BCUT2D eigenvalue weighted by Crippen LogP contribution is 2.30. The van der Waals surface area contributed by atoms with Gasteiger partial charge in [0, 0.05) is 30.7 Å². The zero-order valence-electron chi connectivity index (χ0n) is 11.1. The summed E-state index contributed by atoms with van der Waals surface area (Å²) in [6.07, 6.45) is -0.410. The molecule has 0 radical (unpaired) electrons. The molecule has 0 spiro atoms. The molecule has 1 fully saturated rings. The number of benzene rings is 1. The molecule has 1 atom stereocenters. The maximum absolute atomic E-state index is 9.57. The summed E-state index contributed by atoms with van der Waals surface area (Å²) in [7, 11) is 0. The summed E-state index contributed by atoms with van der Waals surface area (Å²) in [6, 6.07) is 6.14. The zero-order chi connectivity index (χ0) is 13.1. The minimum absolute atomic E-state index is 0.410. The number of aliphatic hydroxyl groups excluding tert-OH is 1. The van der Waals surface area contributed by atoms with Crippen LogP contribution in [0.5, 0.6) is 0 Å². The van der Waals surface area contributed by atoms with Crippen molar-refractivity contribution < 1.29 is 5.11 Å². The van der Waals surface area contributed by atoms with Crippen molar-refractivity contribution in [1.82, 2.24) is 4.90 Å². The third-order valence-electron chi connectivity index (χ3n) is 3.61. The molecule has 1 saturated heterocycles. The summed E-state index contributed by atoms with van der Waals surface area (Å²) in [5, 5.41) is 9.57. The Morgan fingerprint density at radius 2 is 1.94 bits per heavy atom. The van der Waals surface area contributed by atoms with Crippen LogP contribution < -0.4 is 4.90 Å². The van der Waals surface area contributed by atoms with E-state index in [1.165, 1.54) is 5.69 Å². The number of likely N-dealkylation sites (N-methyl/N-ethyl adjacent to an activating group) is 1. The molecule has 1 aliphatic rings. The highest BCUT2D eigenvalue weighted by molar-refractivity contribution is 9.10. The molecule has 0 bridgehead atoms. The topological polar surface area (TPSA) is 26.7 Å². The predicted octanol–water partition coefficient (Wildman–Crippen LogP) is 2.64. The Kier molecular flexibility index (Phi) is 4.65. The zero-order valence-corrected chi connectivity index (χ0v) is 12.7. The van der Waals surface area contributed by atoms with Crippen LogP contribution >= 0.6 is 15.9 Å². The maximum atomic E-state index is 9.57. The Labute approximate surface area is 118 Å². The van der Waals surface area contributed by atoms with E-state index < -0.39 is 6.10 Å². The fourth-order valence-corrected chi connectivity index (χ4v) is 2.99. The highest BCUT2D eigenvalue weighted by Gasteiger charge is 2.18. The molecule has 1 aromatic rings. The third kappa shape index (κ3) is 3.05. The predicted molar refractivity (Wildman–Crippen MR) is 79.1 cm³/mol. The Bertz CT molecular complexity index is 401. The van der Waals surface area contributed by atoms with E-state index in [0.717, 1.165) is 42.8 Å². The number of hydrogen-bond acceptors (Lipinski definition) is 3. The molecule has 0 unspecified atom stereocenters. The Morgan fingerprint density at radius 1 is 1.28 bits per heavy atom. The van der Waals surface area contributed by atoms with Gasteiger partial charge in [0.1, 0.15) is 0 Å². The monoisotopic (exact) mass is 312 g/mol. The second-order valence-electron chi connectivity index (χ2n) is 4.81. The van der Waals surface area contributed by atoms with E-state index in [2.05, 4.69) is 38.7 Å². The van der Waals surface area contributed by atoms with Crippen molar-refractivity contribution in [2.45, 2.75) is 20.0 Å². The summed E-state index contributed by atoms with van der Waals surface area (Å²) in [5.41, 5.74) is 2.19. The largest absolute Gasteiger partial charge is 0.389 e. The van der Waals surface area contributed by atoms with Gasteiger partial charge in [0.2, 0.25) is 0 Å². The summed E-state index contributed by atoms with van der Waals surface area (Å²) >= 11 is 3.62. The summed E-state index contributed by atoms with van der Waals surface area (Å²) in [4.78, 5) is 4.87. The second-order valence-corrected chi connectivity index (χ2v) is 5.66. The SMILES string of the molecule is CCN1CCN(c2ccc([C@@H](C)O)cc2Br)CC1. The molecule has 1 aromatic carbocycles. The normalized spacial score (nSPS) is 19.0. The van der Waals surface area contributed by atoms with Crippen molar-refractivity contribution in [1.29, 1.82) is 0 Å². The van der Waals surface area contributed by atoms with Gasteiger partial charge in [-0.05, 0) is 47.1 Å². The van der Waals surface area contributed by atoms with Crippen molar-refractivity contribution in [2.75, 3.05) is 37.6 Å². The summed E-state index contributed by atoms with van der Waals surface area (Å²) in [6.45, 7) is 9.53. The average Bonchev–Trinajstić information content (AvgIpc) is 2.38. The molecule has 1 N–H and O–H groups in total. The number of piperazine rings is 1. The Balaban J connectivity index is 2.10. The van der Waals surface area contributed by atoms with Gasteiger partial charge in [-0.3, -0.25) is 0 Å². The third-order valence-corrected chi connectivity index (χ3v) is 4.25. The van der Waals surface area contributed by atoms with Gasteiger partial charge in [-0.25, -0.2) is 0 Å². The lowest BCUT2D eigenvalue weighted by Gasteiger charge is -2.36.